The summed E-state index contributed by atoms with van der Waals surface area (Å²) >= 11 is 0. The molecular formula is C26H28O2. The van der Waals surface area contributed by atoms with Crippen molar-refractivity contribution in [3.05, 3.63) is 83.4 Å². The molecule has 0 bridgehead atoms. The van der Waals surface area contributed by atoms with Crippen LogP contribution in [0.3, 0.4) is 0 Å². The van der Waals surface area contributed by atoms with Crippen molar-refractivity contribution in [2.75, 3.05) is 14.2 Å². The van der Waals surface area contributed by atoms with E-state index in [1.54, 1.807) is 14.2 Å². The highest BCUT2D eigenvalue weighted by Gasteiger charge is 2.12. The molecule has 2 nitrogen and oxygen atoms in total. The first-order chi connectivity index (χ1) is 13.4. The predicted molar refractivity (Wildman–Crippen MR) is 119 cm³/mol. The van der Waals surface area contributed by atoms with E-state index in [0.717, 1.165) is 28.2 Å². The monoisotopic (exact) mass is 372 g/mol. The molecule has 0 heterocycles. The minimum absolute atomic E-state index is 0.166. The smallest absolute Gasteiger partial charge is 0.119 e. The summed E-state index contributed by atoms with van der Waals surface area (Å²) in [7, 11) is 3.37. The Balaban J connectivity index is 1.93. The number of ether oxygens (including phenoxy) is 2. The summed E-state index contributed by atoms with van der Waals surface area (Å²) in [5.74, 6) is 1.69. The third kappa shape index (κ3) is 4.64. The Bertz CT molecular complexity index is 943. The van der Waals surface area contributed by atoms with Gasteiger partial charge in [-0.25, -0.2) is 0 Å². The molecule has 0 aliphatic carbocycles. The van der Waals surface area contributed by atoms with Crippen LogP contribution in [-0.2, 0) is 5.41 Å². The topological polar surface area (TPSA) is 18.5 Å². The van der Waals surface area contributed by atoms with E-state index < -0.39 is 0 Å². The van der Waals surface area contributed by atoms with Crippen molar-refractivity contribution in [3.63, 3.8) is 0 Å². The minimum Gasteiger partial charge on any atom is -0.497 e. The van der Waals surface area contributed by atoms with Crippen molar-refractivity contribution in [2.45, 2.75) is 26.2 Å². The lowest BCUT2D eigenvalue weighted by molar-refractivity contribution is 0.414. The Morgan fingerprint density at radius 1 is 0.679 bits per heavy atom. The van der Waals surface area contributed by atoms with Crippen LogP contribution in [0.2, 0.25) is 0 Å². The fraction of sp³-hybridized carbons (Fsp3) is 0.231. The lowest BCUT2D eigenvalue weighted by Crippen LogP contribution is -2.10. The summed E-state index contributed by atoms with van der Waals surface area (Å²) in [5.41, 5.74) is 6.09. The lowest BCUT2D eigenvalue weighted by atomic mass is 9.86. The molecule has 0 aliphatic rings. The lowest BCUT2D eigenvalue weighted by Gasteiger charge is -2.18. The summed E-state index contributed by atoms with van der Waals surface area (Å²) in [6.07, 6.45) is 4.31. The zero-order valence-electron chi connectivity index (χ0n) is 17.3. The number of benzene rings is 3. The van der Waals surface area contributed by atoms with Gasteiger partial charge in [-0.2, -0.15) is 0 Å². The molecule has 3 rings (SSSR count). The zero-order valence-corrected chi connectivity index (χ0v) is 17.3. The first-order valence-corrected chi connectivity index (χ1v) is 9.52. The Labute approximate surface area is 168 Å². The van der Waals surface area contributed by atoms with Crippen LogP contribution in [0, 0.1) is 0 Å². The van der Waals surface area contributed by atoms with Crippen LogP contribution in [0.15, 0.2) is 66.7 Å². The van der Waals surface area contributed by atoms with Gasteiger partial charge in [0.25, 0.3) is 0 Å². The number of methoxy groups -OCH3 is 2. The fourth-order valence-electron chi connectivity index (χ4n) is 3.11. The van der Waals surface area contributed by atoms with Crippen LogP contribution in [-0.4, -0.2) is 14.2 Å². The van der Waals surface area contributed by atoms with Gasteiger partial charge in [-0.3, -0.25) is 0 Å². The molecule has 0 saturated carbocycles. The van der Waals surface area contributed by atoms with Gasteiger partial charge in [-0.15, -0.1) is 0 Å². The van der Waals surface area contributed by atoms with Crippen LogP contribution < -0.4 is 9.47 Å². The van der Waals surface area contributed by atoms with E-state index in [9.17, 15) is 0 Å². The van der Waals surface area contributed by atoms with Crippen molar-refractivity contribution < 1.29 is 9.47 Å². The van der Waals surface area contributed by atoms with Crippen molar-refractivity contribution >= 4 is 12.2 Å². The maximum Gasteiger partial charge on any atom is 0.119 e. The average molecular weight is 373 g/mol. The third-order valence-electron chi connectivity index (χ3n) is 4.89. The van der Waals surface area contributed by atoms with Crippen molar-refractivity contribution in [1.82, 2.24) is 0 Å². The molecule has 0 aromatic heterocycles. The summed E-state index contributed by atoms with van der Waals surface area (Å²) in [5, 5.41) is 0. The van der Waals surface area contributed by atoms with Gasteiger partial charge in [-0.05, 0) is 57.5 Å². The van der Waals surface area contributed by atoms with Gasteiger partial charge in [0.1, 0.15) is 11.5 Å². The molecule has 144 valence electrons. The molecule has 0 atom stereocenters. The second-order valence-corrected chi connectivity index (χ2v) is 7.89. The average Bonchev–Trinajstić information content (AvgIpc) is 2.72. The van der Waals surface area contributed by atoms with E-state index in [-0.39, 0.29) is 5.41 Å². The summed E-state index contributed by atoms with van der Waals surface area (Å²) in [6.45, 7) is 6.70. The van der Waals surface area contributed by atoms with Crippen LogP contribution in [0.25, 0.3) is 23.3 Å². The molecule has 0 aliphatic heterocycles. The zero-order chi connectivity index (χ0) is 20.1. The molecule has 28 heavy (non-hydrogen) atoms. The molecule has 0 N–H and O–H groups in total. The first kappa shape index (κ1) is 19.8. The Hall–Kier alpha value is -3.00. The maximum absolute atomic E-state index is 5.44. The minimum atomic E-state index is 0.166. The second kappa shape index (κ2) is 8.35. The van der Waals surface area contributed by atoms with Gasteiger partial charge in [0.05, 0.1) is 14.2 Å². The molecule has 0 amide bonds. The van der Waals surface area contributed by atoms with Gasteiger partial charge in [0.2, 0.25) is 0 Å². The molecule has 0 fully saturated rings. The van der Waals surface area contributed by atoms with E-state index in [1.165, 1.54) is 11.1 Å². The molecule has 0 radical (unpaired) electrons. The Morgan fingerprint density at radius 2 is 1.29 bits per heavy atom. The van der Waals surface area contributed by atoms with E-state index in [0.29, 0.717) is 0 Å². The summed E-state index contributed by atoms with van der Waals surface area (Å²) in [4.78, 5) is 0. The van der Waals surface area contributed by atoms with Crippen LogP contribution in [0.4, 0.5) is 0 Å². The standard InChI is InChI=1S/C26H28O2/c1-26(2,3)22-13-7-19(8-14-22)6-9-20-12-17-24(28-5)18-25(20)21-10-15-23(27-4)16-11-21/h6-18H,1-5H3/b9-6-. The molecular weight excluding hydrogens is 344 g/mol. The van der Waals surface area contributed by atoms with Gasteiger partial charge in [0, 0.05) is 0 Å². The molecule has 0 spiro atoms. The van der Waals surface area contributed by atoms with E-state index in [2.05, 4.69) is 81.5 Å². The highest BCUT2D eigenvalue weighted by Crippen LogP contribution is 2.31. The molecule has 0 saturated heterocycles. The van der Waals surface area contributed by atoms with E-state index in [1.807, 2.05) is 18.2 Å². The number of rotatable bonds is 5. The molecule has 0 unspecified atom stereocenters. The van der Waals surface area contributed by atoms with Crippen molar-refractivity contribution in [1.29, 1.82) is 0 Å². The molecule has 3 aromatic rings. The molecule has 2 heteroatoms. The fourth-order valence-corrected chi connectivity index (χ4v) is 3.11. The second-order valence-electron chi connectivity index (χ2n) is 7.89. The number of hydrogen-bond acceptors (Lipinski definition) is 2. The molecule has 3 aromatic carbocycles. The van der Waals surface area contributed by atoms with Crippen LogP contribution >= 0.6 is 0 Å². The van der Waals surface area contributed by atoms with Crippen LogP contribution in [0.1, 0.15) is 37.5 Å². The SMILES string of the molecule is COc1ccc(-c2cc(OC)ccc2/C=C\c2ccc(C(C)(C)C)cc2)cc1. The highest BCUT2D eigenvalue weighted by atomic mass is 16.5. The summed E-state index contributed by atoms with van der Waals surface area (Å²) in [6, 6.07) is 23.0. The van der Waals surface area contributed by atoms with Gasteiger partial charge < -0.3 is 9.47 Å². The van der Waals surface area contributed by atoms with E-state index >= 15 is 0 Å². The Kier molecular flexibility index (Phi) is 5.89. The van der Waals surface area contributed by atoms with Crippen LogP contribution in [0.5, 0.6) is 11.5 Å². The Morgan fingerprint density at radius 3 is 1.86 bits per heavy atom. The normalized spacial score (nSPS) is 11.6. The predicted octanol–water partition coefficient (Wildman–Crippen LogP) is 6.84. The number of hydrogen-bond donors (Lipinski definition) is 0. The van der Waals surface area contributed by atoms with Crippen molar-refractivity contribution in [2.24, 2.45) is 0 Å². The largest absolute Gasteiger partial charge is 0.497 e. The van der Waals surface area contributed by atoms with E-state index in [4.69, 9.17) is 9.47 Å². The van der Waals surface area contributed by atoms with Gasteiger partial charge in [-0.1, -0.05) is 75.4 Å². The maximum atomic E-state index is 5.44. The summed E-state index contributed by atoms with van der Waals surface area (Å²) < 4.78 is 10.7. The van der Waals surface area contributed by atoms with Gasteiger partial charge in [0.15, 0.2) is 0 Å². The first-order valence-electron chi connectivity index (χ1n) is 9.52. The third-order valence-corrected chi connectivity index (χ3v) is 4.89. The van der Waals surface area contributed by atoms with Gasteiger partial charge >= 0.3 is 0 Å². The highest BCUT2D eigenvalue weighted by molar-refractivity contribution is 5.82. The quantitative estimate of drug-likeness (QED) is 0.457. The van der Waals surface area contributed by atoms with Crippen molar-refractivity contribution in [3.8, 4) is 22.6 Å².